The largest absolute Gasteiger partial charge is 0.325 e. The quantitative estimate of drug-likeness (QED) is 0.449. The zero-order valence-corrected chi connectivity index (χ0v) is 17.1. The van der Waals surface area contributed by atoms with E-state index in [1.54, 1.807) is 17.5 Å². The van der Waals surface area contributed by atoms with Gasteiger partial charge in [-0.05, 0) is 42.8 Å². The molecule has 0 radical (unpaired) electrons. The topological polar surface area (TPSA) is 53.9 Å². The van der Waals surface area contributed by atoms with Crippen molar-refractivity contribution >= 4 is 23.0 Å². The lowest BCUT2D eigenvalue weighted by atomic mass is 10.1. The Hall–Kier alpha value is -3.09. The molecule has 0 saturated heterocycles. The second kappa shape index (κ2) is 9.41. The molecule has 0 unspecified atom stereocenters. The Morgan fingerprint density at radius 2 is 1.79 bits per heavy atom. The average Bonchev–Trinajstić information content (AvgIpc) is 3.30. The molecule has 0 saturated carbocycles. The van der Waals surface area contributed by atoms with Gasteiger partial charge in [-0.15, -0.1) is 11.3 Å². The first-order valence-electron chi connectivity index (χ1n) is 9.57. The molecule has 1 N–H and O–H groups in total. The van der Waals surface area contributed by atoms with E-state index in [9.17, 15) is 0 Å². The van der Waals surface area contributed by atoms with E-state index in [-0.39, 0.29) is 0 Å². The molecule has 3 aromatic heterocycles. The van der Waals surface area contributed by atoms with Crippen molar-refractivity contribution in [2.24, 2.45) is 0 Å². The summed E-state index contributed by atoms with van der Waals surface area (Å²) in [6.07, 6.45) is 4.76. The predicted molar refractivity (Wildman–Crippen MR) is 119 cm³/mol. The first-order valence-corrected chi connectivity index (χ1v) is 10.5. The molecule has 0 bridgehead atoms. The van der Waals surface area contributed by atoms with Crippen molar-refractivity contribution in [2.75, 3.05) is 18.9 Å². The third kappa shape index (κ3) is 5.47. The molecule has 146 valence electrons. The summed E-state index contributed by atoms with van der Waals surface area (Å²) in [5.41, 5.74) is 3.42. The van der Waals surface area contributed by atoms with Gasteiger partial charge in [-0.25, -0.2) is 15.0 Å². The highest BCUT2D eigenvalue weighted by atomic mass is 32.1. The van der Waals surface area contributed by atoms with Crippen LogP contribution >= 0.6 is 11.3 Å². The van der Waals surface area contributed by atoms with Gasteiger partial charge in [-0.2, -0.15) is 0 Å². The number of aromatic nitrogens is 3. The summed E-state index contributed by atoms with van der Waals surface area (Å²) < 4.78 is 0. The van der Waals surface area contributed by atoms with Crippen LogP contribution in [-0.4, -0.2) is 33.4 Å². The number of rotatable bonds is 8. The number of anilines is 2. The van der Waals surface area contributed by atoms with Gasteiger partial charge in [0.05, 0.1) is 0 Å². The SMILES string of the molecule is CN(CCc1ccccc1)Cc1ccc(Nc2cccc(-c3nccs3)n2)nc1. The van der Waals surface area contributed by atoms with Crippen LogP contribution < -0.4 is 5.32 Å². The molecule has 0 aliphatic carbocycles. The van der Waals surface area contributed by atoms with Crippen LogP contribution in [0.5, 0.6) is 0 Å². The Kier molecular flexibility index (Phi) is 6.24. The Morgan fingerprint density at radius 3 is 2.55 bits per heavy atom. The van der Waals surface area contributed by atoms with E-state index in [1.165, 1.54) is 11.1 Å². The van der Waals surface area contributed by atoms with Crippen LogP contribution in [0.15, 0.2) is 78.4 Å². The monoisotopic (exact) mass is 401 g/mol. The van der Waals surface area contributed by atoms with Gasteiger partial charge < -0.3 is 10.2 Å². The normalized spacial score (nSPS) is 11.0. The minimum atomic E-state index is 0.762. The molecule has 3 heterocycles. The first kappa shape index (κ1) is 19.2. The van der Waals surface area contributed by atoms with Gasteiger partial charge in [-0.3, -0.25) is 0 Å². The Labute approximate surface area is 175 Å². The van der Waals surface area contributed by atoms with Crippen LogP contribution in [-0.2, 0) is 13.0 Å². The van der Waals surface area contributed by atoms with E-state index in [1.807, 2.05) is 35.8 Å². The molecule has 6 heteroatoms. The number of nitrogens with one attached hydrogen (secondary N) is 1. The summed E-state index contributed by atoms with van der Waals surface area (Å²) in [6.45, 7) is 1.88. The third-order valence-electron chi connectivity index (χ3n) is 4.56. The fourth-order valence-electron chi connectivity index (χ4n) is 3.05. The maximum absolute atomic E-state index is 4.62. The molecule has 0 aliphatic heterocycles. The molecule has 0 spiro atoms. The highest BCUT2D eigenvalue weighted by Gasteiger charge is 2.05. The van der Waals surface area contributed by atoms with Crippen molar-refractivity contribution in [3.05, 3.63) is 89.6 Å². The van der Waals surface area contributed by atoms with Crippen molar-refractivity contribution in [3.8, 4) is 10.7 Å². The average molecular weight is 402 g/mol. The summed E-state index contributed by atoms with van der Waals surface area (Å²) in [4.78, 5) is 15.8. The summed E-state index contributed by atoms with van der Waals surface area (Å²) in [6, 6.07) is 20.6. The van der Waals surface area contributed by atoms with Gasteiger partial charge in [0, 0.05) is 30.9 Å². The maximum atomic E-state index is 4.62. The standard InChI is InChI=1S/C23H23N5S/c1-28(14-12-18-6-3-2-4-7-18)17-19-10-11-21(25-16-19)27-22-9-5-8-20(26-22)23-24-13-15-29-23/h2-11,13,15-16H,12,14,17H2,1H3,(H,25,26,27). The predicted octanol–water partition coefficient (Wildman–Crippen LogP) is 5.02. The Morgan fingerprint density at radius 1 is 0.897 bits per heavy atom. The lowest BCUT2D eigenvalue weighted by molar-refractivity contribution is 0.331. The highest BCUT2D eigenvalue weighted by molar-refractivity contribution is 7.13. The van der Waals surface area contributed by atoms with E-state index < -0.39 is 0 Å². The van der Waals surface area contributed by atoms with Crippen LogP contribution in [0.3, 0.4) is 0 Å². The number of nitrogens with zero attached hydrogens (tertiary/aromatic N) is 4. The number of thiazole rings is 1. The molecule has 4 aromatic rings. The summed E-state index contributed by atoms with van der Waals surface area (Å²) in [7, 11) is 2.14. The van der Waals surface area contributed by atoms with E-state index >= 15 is 0 Å². The van der Waals surface area contributed by atoms with E-state index in [4.69, 9.17) is 0 Å². The maximum Gasteiger partial charge on any atom is 0.141 e. The number of pyridine rings is 2. The second-order valence-corrected chi connectivity index (χ2v) is 7.79. The minimum Gasteiger partial charge on any atom is -0.325 e. The molecular weight excluding hydrogens is 378 g/mol. The van der Waals surface area contributed by atoms with Crippen molar-refractivity contribution in [3.63, 3.8) is 0 Å². The first-order chi connectivity index (χ1) is 14.3. The third-order valence-corrected chi connectivity index (χ3v) is 5.35. The second-order valence-electron chi connectivity index (χ2n) is 6.90. The molecule has 5 nitrogen and oxygen atoms in total. The lowest BCUT2D eigenvalue weighted by Crippen LogP contribution is -2.20. The van der Waals surface area contributed by atoms with Crippen molar-refractivity contribution < 1.29 is 0 Å². The van der Waals surface area contributed by atoms with Gasteiger partial charge in [0.2, 0.25) is 0 Å². The van der Waals surface area contributed by atoms with E-state index in [0.717, 1.165) is 41.8 Å². The molecule has 4 rings (SSSR count). The zero-order chi connectivity index (χ0) is 19.9. The number of hydrogen-bond donors (Lipinski definition) is 1. The lowest BCUT2D eigenvalue weighted by Gasteiger charge is -2.16. The van der Waals surface area contributed by atoms with E-state index in [0.29, 0.717) is 0 Å². The van der Waals surface area contributed by atoms with Crippen LogP contribution in [0, 0.1) is 0 Å². The van der Waals surface area contributed by atoms with Gasteiger partial charge in [-0.1, -0.05) is 42.5 Å². The molecular formula is C23H23N5S. The summed E-state index contributed by atoms with van der Waals surface area (Å²) in [5, 5.41) is 6.14. The Bertz CT molecular complexity index is 1020. The number of benzene rings is 1. The smallest absolute Gasteiger partial charge is 0.141 e. The number of hydrogen-bond acceptors (Lipinski definition) is 6. The summed E-state index contributed by atoms with van der Waals surface area (Å²) in [5.74, 6) is 1.54. The molecule has 29 heavy (non-hydrogen) atoms. The molecule has 1 aromatic carbocycles. The van der Waals surface area contributed by atoms with Crippen LogP contribution in [0.2, 0.25) is 0 Å². The van der Waals surface area contributed by atoms with E-state index in [2.05, 4.69) is 68.6 Å². The minimum absolute atomic E-state index is 0.762. The Balaban J connectivity index is 1.33. The molecule has 0 atom stereocenters. The molecule has 0 amide bonds. The van der Waals surface area contributed by atoms with Gasteiger partial charge in [0.1, 0.15) is 22.3 Å². The molecule has 0 aliphatic rings. The zero-order valence-electron chi connectivity index (χ0n) is 16.3. The van der Waals surface area contributed by atoms with Crippen LogP contribution in [0.25, 0.3) is 10.7 Å². The molecule has 0 fully saturated rings. The van der Waals surface area contributed by atoms with Gasteiger partial charge in [0.25, 0.3) is 0 Å². The van der Waals surface area contributed by atoms with Crippen molar-refractivity contribution in [1.29, 1.82) is 0 Å². The van der Waals surface area contributed by atoms with Crippen molar-refractivity contribution in [1.82, 2.24) is 19.9 Å². The van der Waals surface area contributed by atoms with Crippen LogP contribution in [0.4, 0.5) is 11.6 Å². The van der Waals surface area contributed by atoms with Crippen LogP contribution in [0.1, 0.15) is 11.1 Å². The number of likely N-dealkylation sites (N-methyl/N-ethyl adjacent to an activating group) is 1. The van der Waals surface area contributed by atoms with Gasteiger partial charge in [0.15, 0.2) is 0 Å². The fraction of sp³-hybridized carbons (Fsp3) is 0.174. The van der Waals surface area contributed by atoms with Gasteiger partial charge >= 0.3 is 0 Å². The summed E-state index contributed by atoms with van der Waals surface area (Å²) >= 11 is 1.58. The van der Waals surface area contributed by atoms with Crippen molar-refractivity contribution in [2.45, 2.75) is 13.0 Å². The highest BCUT2D eigenvalue weighted by Crippen LogP contribution is 2.22. The fourth-order valence-corrected chi connectivity index (χ4v) is 3.66.